The van der Waals surface area contributed by atoms with E-state index in [-0.39, 0.29) is 28.9 Å². The number of benzene rings is 2. The lowest BCUT2D eigenvalue weighted by Crippen LogP contribution is -2.40. The lowest BCUT2D eigenvalue weighted by atomic mass is 10.0. The predicted molar refractivity (Wildman–Crippen MR) is 137 cm³/mol. The number of guanidine groups is 1. The van der Waals surface area contributed by atoms with Gasteiger partial charge in [-0.05, 0) is 54.7 Å². The van der Waals surface area contributed by atoms with Crippen molar-refractivity contribution in [2.24, 2.45) is 21.8 Å². The highest BCUT2D eigenvalue weighted by molar-refractivity contribution is 7.89. The van der Waals surface area contributed by atoms with E-state index in [1.807, 2.05) is 13.8 Å². The average Bonchev–Trinajstić information content (AvgIpc) is 2.78. The van der Waals surface area contributed by atoms with Crippen molar-refractivity contribution in [2.45, 2.75) is 44.6 Å². The summed E-state index contributed by atoms with van der Waals surface area (Å²) in [6, 6.07) is 8.35. The Balaban J connectivity index is 2.17. The quantitative estimate of drug-likeness (QED) is 0.273. The van der Waals surface area contributed by atoms with E-state index in [1.54, 1.807) is 31.2 Å². The van der Waals surface area contributed by atoms with E-state index >= 15 is 0 Å². The van der Waals surface area contributed by atoms with Gasteiger partial charge in [-0.2, -0.15) is 0 Å². The molecule has 0 radical (unpaired) electrons. The van der Waals surface area contributed by atoms with Gasteiger partial charge in [0.1, 0.15) is 6.04 Å². The molecule has 0 saturated heterocycles. The van der Waals surface area contributed by atoms with Gasteiger partial charge in [-0.1, -0.05) is 26.0 Å². The van der Waals surface area contributed by atoms with Gasteiger partial charge in [-0.3, -0.25) is 14.9 Å². The molecule has 2 rings (SSSR count). The van der Waals surface area contributed by atoms with Gasteiger partial charge in [0.25, 0.3) is 0 Å². The number of ether oxygens (including phenoxy) is 2. The molecule has 0 heterocycles. The summed E-state index contributed by atoms with van der Waals surface area (Å²) in [7, 11) is -0.929. The van der Waals surface area contributed by atoms with E-state index in [9.17, 15) is 18.0 Å². The van der Waals surface area contributed by atoms with Crippen LogP contribution in [0, 0.1) is 12.8 Å². The van der Waals surface area contributed by atoms with Crippen molar-refractivity contribution in [3.8, 4) is 11.5 Å². The SMILES string of the molecule is COc1ccc(CC(=O)NC(N)=N[C@H](CC(C)C)C(=O)Nc2cc(S(N)(=O)=O)ccc2C)cc1OC. The number of methoxy groups -OCH3 is 2. The summed E-state index contributed by atoms with van der Waals surface area (Å²) in [6.45, 7) is 5.54. The van der Waals surface area contributed by atoms with Crippen LogP contribution in [0.1, 0.15) is 31.4 Å². The van der Waals surface area contributed by atoms with Crippen LogP contribution in [0.3, 0.4) is 0 Å². The molecule has 2 aromatic rings. The molecular weight excluding hydrogens is 486 g/mol. The van der Waals surface area contributed by atoms with Crippen LogP contribution in [0.15, 0.2) is 46.3 Å². The molecule has 2 aromatic carbocycles. The number of primary sulfonamides is 1. The molecule has 0 aliphatic heterocycles. The molecule has 2 amide bonds. The molecule has 0 spiro atoms. The Morgan fingerprint density at radius 3 is 2.31 bits per heavy atom. The van der Waals surface area contributed by atoms with Crippen LogP contribution in [0.4, 0.5) is 5.69 Å². The maximum absolute atomic E-state index is 13.0. The number of rotatable bonds is 10. The van der Waals surface area contributed by atoms with Crippen molar-refractivity contribution in [2.75, 3.05) is 19.5 Å². The van der Waals surface area contributed by atoms with Crippen LogP contribution in [0.25, 0.3) is 0 Å². The molecule has 0 saturated carbocycles. The Bertz CT molecular complexity index is 1240. The maximum atomic E-state index is 13.0. The maximum Gasteiger partial charge on any atom is 0.249 e. The predicted octanol–water partition coefficient (Wildman–Crippen LogP) is 1.69. The number of nitrogens with zero attached hydrogens (tertiary/aromatic N) is 1. The molecule has 196 valence electrons. The molecule has 1 atom stereocenters. The molecule has 6 N–H and O–H groups in total. The number of nitrogens with two attached hydrogens (primary N) is 2. The summed E-state index contributed by atoms with van der Waals surface area (Å²) >= 11 is 0. The van der Waals surface area contributed by atoms with Gasteiger partial charge in [0.15, 0.2) is 17.5 Å². The highest BCUT2D eigenvalue weighted by Gasteiger charge is 2.22. The third kappa shape index (κ3) is 8.24. The number of hydrogen-bond acceptors (Lipinski definition) is 7. The lowest BCUT2D eigenvalue weighted by Gasteiger charge is -2.17. The largest absolute Gasteiger partial charge is 0.493 e. The summed E-state index contributed by atoms with van der Waals surface area (Å²) in [5, 5.41) is 10.4. The van der Waals surface area contributed by atoms with Gasteiger partial charge >= 0.3 is 0 Å². The summed E-state index contributed by atoms with van der Waals surface area (Å²) in [4.78, 5) is 29.6. The second-order valence-electron chi connectivity index (χ2n) is 8.58. The van der Waals surface area contributed by atoms with Crippen LogP contribution in [0.5, 0.6) is 11.5 Å². The Hall–Kier alpha value is -3.64. The van der Waals surface area contributed by atoms with Crippen LogP contribution < -0.4 is 31.0 Å². The third-order valence-electron chi connectivity index (χ3n) is 5.17. The number of sulfonamides is 1. The van der Waals surface area contributed by atoms with E-state index in [1.165, 1.54) is 26.4 Å². The first-order chi connectivity index (χ1) is 16.8. The van der Waals surface area contributed by atoms with Crippen molar-refractivity contribution < 1.29 is 27.5 Å². The van der Waals surface area contributed by atoms with E-state index in [0.717, 1.165) is 0 Å². The minimum absolute atomic E-state index is 0.00281. The number of amides is 2. The number of carbonyl (C=O) groups excluding carboxylic acids is 2. The number of nitrogens with one attached hydrogen (secondary N) is 2. The first-order valence-corrected chi connectivity index (χ1v) is 12.7. The summed E-state index contributed by atoms with van der Waals surface area (Å²) in [5.74, 6) is -0.0396. The van der Waals surface area contributed by atoms with Crippen LogP contribution in [-0.4, -0.2) is 46.5 Å². The van der Waals surface area contributed by atoms with E-state index in [2.05, 4.69) is 15.6 Å². The third-order valence-corrected chi connectivity index (χ3v) is 6.08. The van der Waals surface area contributed by atoms with E-state index in [4.69, 9.17) is 20.3 Å². The molecule has 0 aliphatic rings. The van der Waals surface area contributed by atoms with E-state index in [0.29, 0.717) is 29.0 Å². The van der Waals surface area contributed by atoms with Crippen molar-refractivity contribution in [3.05, 3.63) is 47.5 Å². The van der Waals surface area contributed by atoms with Crippen molar-refractivity contribution >= 4 is 33.5 Å². The number of carbonyl (C=O) groups is 2. The minimum atomic E-state index is -3.95. The molecule has 11 nitrogen and oxygen atoms in total. The number of hydrogen-bond donors (Lipinski definition) is 4. The van der Waals surface area contributed by atoms with Crippen LogP contribution in [0.2, 0.25) is 0 Å². The molecular formula is C24H33N5O6S. The zero-order chi connectivity index (χ0) is 27.0. The second kappa shape index (κ2) is 12.4. The lowest BCUT2D eigenvalue weighted by molar-refractivity contribution is -0.119. The van der Waals surface area contributed by atoms with Gasteiger partial charge in [0.2, 0.25) is 21.8 Å². The minimum Gasteiger partial charge on any atom is -0.493 e. The Morgan fingerprint density at radius 2 is 1.72 bits per heavy atom. The first-order valence-electron chi connectivity index (χ1n) is 11.1. The topological polar surface area (TPSA) is 175 Å². The molecule has 12 heteroatoms. The van der Waals surface area contributed by atoms with Gasteiger partial charge in [-0.15, -0.1) is 0 Å². The van der Waals surface area contributed by atoms with Gasteiger partial charge < -0.3 is 20.5 Å². The standard InChI is InChI=1S/C24H33N5O6S/c1-14(2)10-19(23(31)27-18-13-17(36(26,32)33)8-6-15(18)3)28-24(25)29-22(30)12-16-7-9-20(34-4)21(11-16)35-5/h6-9,11,13-14,19H,10,12H2,1-5H3,(H,27,31)(H2,26,32,33)(H3,25,28,29,30)/t19-/m1/s1. The molecule has 0 aromatic heterocycles. The fraction of sp³-hybridized carbons (Fsp3) is 0.375. The summed E-state index contributed by atoms with van der Waals surface area (Å²) in [6.07, 6.45) is 0.336. The van der Waals surface area contributed by atoms with Gasteiger partial charge in [0.05, 0.1) is 25.5 Å². The van der Waals surface area contributed by atoms with Crippen LogP contribution >= 0.6 is 0 Å². The average molecular weight is 520 g/mol. The molecule has 36 heavy (non-hydrogen) atoms. The smallest absolute Gasteiger partial charge is 0.249 e. The number of anilines is 1. The molecule has 0 bridgehead atoms. The normalized spacial score (nSPS) is 12.7. The zero-order valence-electron chi connectivity index (χ0n) is 21.0. The number of aryl methyl sites for hydroxylation is 1. The number of aliphatic imine (C=N–C) groups is 1. The Labute approximate surface area is 211 Å². The van der Waals surface area contributed by atoms with Crippen molar-refractivity contribution in [3.63, 3.8) is 0 Å². The highest BCUT2D eigenvalue weighted by atomic mass is 32.2. The molecule has 0 aliphatic carbocycles. The zero-order valence-corrected chi connectivity index (χ0v) is 21.8. The highest BCUT2D eigenvalue weighted by Crippen LogP contribution is 2.27. The van der Waals surface area contributed by atoms with Gasteiger partial charge in [-0.25, -0.2) is 18.5 Å². The second-order valence-corrected chi connectivity index (χ2v) is 10.1. The Morgan fingerprint density at radius 1 is 1.06 bits per heavy atom. The van der Waals surface area contributed by atoms with Crippen molar-refractivity contribution in [1.82, 2.24) is 5.32 Å². The van der Waals surface area contributed by atoms with Crippen molar-refractivity contribution in [1.29, 1.82) is 0 Å². The summed E-state index contributed by atoms with van der Waals surface area (Å²) < 4.78 is 33.8. The van der Waals surface area contributed by atoms with Crippen LogP contribution in [-0.2, 0) is 26.0 Å². The monoisotopic (exact) mass is 519 g/mol. The van der Waals surface area contributed by atoms with Gasteiger partial charge in [0, 0.05) is 5.69 Å². The summed E-state index contributed by atoms with van der Waals surface area (Å²) in [5.41, 5.74) is 7.53. The van der Waals surface area contributed by atoms with E-state index < -0.39 is 27.9 Å². The fourth-order valence-corrected chi connectivity index (χ4v) is 3.90. The fourth-order valence-electron chi connectivity index (χ4n) is 3.36. The molecule has 0 unspecified atom stereocenters. The molecule has 0 fully saturated rings. The Kier molecular flexibility index (Phi) is 9.82. The first kappa shape index (κ1) is 28.6.